The van der Waals surface area contributed by atoms with Gasteiger partial charge in [-0.05, 0) is 33.9 Å². The van der Waals surface area contributed by atoms with E-state index in [1.807, 2.05) is 27.7 Å². The summed E-state index contributed by atoms with van der Waals surface area (Å²) in [5, 5.41) is 10.2. The molecule has 0 aromatic carbocycles. The highest BCUT2D eigenvalue weighted by molar-refractivity contribution is 6.60. The molecule has 1 heterocycles. The predicted molar refractivity (Wildman–Crippen MR) is 62.0 cm³/mol. The first-order valence-corrected chi connectivity index (χ1v) is 5.07. The van der Waals surface area contributed by atoms with E-state index in [2.05, 4.69) is 5.32 Å². The highest BCUT2D eigenvalue weighted by atomic mass is 16.7. The third-order valence-corrected chi connectivity index (χ3v) is 3.00. The molecule has 0 aromatic rings. The fraction of sp³-hybridized carbons (Fsp3) is 0.700. The zero-order valence-corrected chi connectivity index (χ0v) is 10.0. The van der Waals surface area contributed by atoms with Crippen molar-refractivity contribution in [2.24, 2.45) is 0 Å². The number of hydrogen-bond donors (Lipinski definition) is 2. The van der Waals surface area contributed by atoms with Crippen molar-refractivity contribution >= 4 is 13.3 Å². The van der Waals surface area contributed by atoms with Crippen LogP contribution in [-0.4, -0.2) is 31.6 Å². The molecule has 2 N–H and O–H groups in total. The van der Waals surface area contributed by atoms with Gasteiger partial charge in [0.05, 0.1) is 11.2 Å². The number of rotatable bonds is 3. The van der Waals surface area contributed by atoms with Gasteiger partial charge in [0, 0.05) is 18.7 Å². The highest BCUT2D eigenvalue weighted by Gasteiger charge is 2.52. The van der Waals surface area contributed by atoms with E-state index >= 15 is 0 Å². The summed E-state index contributed by atoms with van der Waals surface area (Å²) in [6.45, 7) is 7.98. The van der Waals surface area contributed by atoms with E-state index in [4.69, 9.17) is 14.7 Å². The van der Waals surface area contributed by atoms with E-state index in [0.29, 0.717) is 5.47 Å². The smallest absolute Gasteiger partial charge is 0.399 e. The third-order valence-electron chi connectivity index (χ3n) is 3.00. The second-order valence-corrected chi connectivity index (χ2v) is 4.67. The Morgan fingerprint density at radius 2 is 1.67 bits per heavy atom. The molecule has 5 heteroatoms. The summed E-state index contributed by atoms with van der Waals surface area (Å²) in [5.41, 5.74) is -0.0164. The maximum Gasteiger partial charge on any atom is 0.497 e. The lowest BCUT2D eigenvalue weighted by Gasteiger charge is -2.32. The van der Waals surface area contributed by atoms with Crippen molar-refractivity contribution in [3.05, 3.63) is 11.7 Å². The van der Waals surface area contributed by atoms with Crippen LogP contribution in [0.2, 0.25) is 0 Å². The second-order valence-electron chi connectivity index (χ2n) is 4.67. The van der Waals surface area contributed by atoms with Gasteiger partial charge in [0.15, 0.2) is 0 Å². The van der Waals surface area contributed by atoms with Gasteiger partial charge in [0.25, 0.3) is 0 Å². The summed E-state index contributed by atoms with van der Waals surface area (Å²) < 4.78 is 11.6. The van der Waals surface area contributed by atoms with Crippen molar-refractivity contribution < 1.29 is 9.31 Å². The van der Waals surface area contributed by atoms with Gasteiger partial charge >= 0.3 is 7.12 Å². The van der Waals surface area contributed by atoms with E-state index in [1.54, 1.807) is 13.2 Å². The normalized spacial score (nSPS) is 24.1. The number of allylic oxidation sites excluding steroid dienone is 1. The average Bonchev–Trinajstić information content (AvgIpc) is 2.32. The molecule has 0 spiro atoms. The molecule has 0 saturated carbocycles. The average molecular weight is 210 g/mol. The van der Waals surface area contributed by atoms with Crippen LogP contribution in [0.25, 0.3) is 0 Å². The Morgan fingerprint density at radius 3 is 2.00 bits per heavy atom. The Kier molecular flexibility index (Phi) is 3.26. The van der Waals surface area contributed by atoms with Gasteiger partial charge in [-0.3, -0.25) is 0 Å². The Balaban J connectivity index is 2.86. The zero-order valence-electron chi connectivity index (χ0n) is 10.0. The highest BCUT2D eigenvalue weighted by Crippen LogP contribution is 2.38. The van der Waals surface area contributed by atoms with Crippen molar-refractivity contribution in [1.82, 2.24) is 5.32 Å². The first-order chi connectivity index (χ1) is 6.84. The Morgan fingerprint density at radius 1 is 1.20 bits per heavy atom. The molecule has 15 heavy (non-hydrogen) atoms. The molecule has 1 aliphatic heterocycles. The summed E-state index contributed by atoms with van der Waals surface area (Å²) in [6.07, 6.45) is 2.97. The predicted octanol–water partition coefficient (Wildman–Crippen LogP) is 1.37. The van der Waals surface area contributed by atoms with Gasteiger partial charge < -0.3 is 20.0 Å². The van der Waals surface area contributed by atoms with Crippen LogP contribution in [0.5, 0.6) is 0 Å². The molecule has 0 radical (unpaired) electrons. The second kappa shape index (κ2) is 3.98. The quantitative estimate of drug-likeness (QED) is 0.546. The summed E-state index contributed by atoms with van der Waals surface area (Å²) in [6, 6.07) is 0. The molecule has 0 bridgehead atoms. The molecule has 4 nitrogen and oxygen atoms in total. The lowest BCUT2D eigenvalue weighted by atomic mass is 9.79. The SMILES string of the molecule is CN/C=C(\C=N)B1OC(C)(C)C(C)(C)O1. The van der Waals surface area contributed by atoms with Gasteiger partial charge in [0.1, 0.15) is 0 Å². The monoisotopic (exact) mass is 210 g/mol. The zero-order chi connectivity index (χ0) is 11.7. The minimum atomic E-state index is -0.458. The van der Waals surface area contributed by atoms with Crippen molar-refractivity contribution in [3.8, 4) is 0 Å². The van der Waals surface area contributed by atoms with Crippen molar-refractivity contribution in [2.45, 2.75) is 38.9 Å². The Labute approximate surface area is 91.7 Å². The van der Waals surface area contributed by atoms with Crippen molar-refractivity contribution in [1.29, 1.82) is 5.41 Å². The van der Waals surface area contributed by atoms with Crippen molar-refractivity contribution in [2.75, 3.05) is 7.05 Å². The van der Waals surface area contributed by atoms with Crippen LogP contribution in [-0.2, 0) is 9.31 Å². The fourth-order valence-electron chi connectivity index (χ4n) is 1.32. The molecular formula is C10H19BN2O2. The van der Waals surface area contributed by atoms with Crippen LogP contribution in [0.1, 0.15) is 27.7 Å². The minimum absolute atomic E-state index is 0.354. The van der Waals surface area contributed by atoms with Crippen LogP contribution in [0.3, 0.4) is 0 Å². The number of nitrogens with one attached hydrogen (secondary N) is 2. The molecule has 0 aliphatic carbocycles. The Hall–Kier alpha value is -0.805. The summed E-state index contributed by atoms with van der Waals surface area (Å²) in [4.78, 5) is 0. The summed E-state index contributed by atoms with van der Waals surface area (Å²) in [7, 11) is 1.33. The van der Waals surface area contributed by atoms with E-state index in [-0.39, 0.29) is 11.2 Å². The summed E-state index contributed by atoms with van der Waals surface area (Å²) in [5.74, 6) is 0. The topological polar surface area (TPSA) is 54.3 Å². The van der Waals surface area contributed by atoms with Gasteiger partial charge in [-0.15, -0.1) is 0 Å². The first kappa shape index (κ1) is 12.3. The third kappa shape index (κ3) is 2.24. The van der Waals surface area contributed by atoms with Crippen molar-refractivity contribution in [3.63, 3.8) is 0 Å². The fourth-order valence-corrected chi connectivity index (χ4v) is 1.32. The van der Waals surface area contributed by atoms with E-state index < -0.39 is 7.12 Å². The van der Waals surface area contributed by atoms with Crippen LogP contribution >= 0.6 is 0 Å². The summed E-state index contributed by atoms with van der Waals surface area (Å²) >= 11 is 0. The molecule has 0 unspecified atom stereocenters. The van der Waals surface area contributed by atoms with E-state index in [0.717, 1.165) is 0 Å². The van der Waals surface area contributed by atoms with Gasteiger partial charge in [-0.2, -0.15) is 0 Å². The first-order valence-electron chi connectivity index (χ1n) is 5.07. The van der Waals surface area contributed by atoms with Crippen LogP contribution in [0, 0.1) is 5.41 Å². The maximum absolute atomic E-state index is 7.29. The van der Waals surface area contributed by atoms with Crippen LogP contribution in [0.15, 0.2) is 11.7 Å². The van der Waals surface area contributed by atoms with E-state index in [9.17, 15) is 0 Å². The lowest BCUT2D eigenvalue weighted by Crippen LogP contribution is -2.41. The molecule has 84 valence electrons. The van der Waals surface area contributed by atoms with Crippen LogP contribution in [0.4, 0.5) is 0 Å². The molecule has 0 aromatic heterocycles. The van der Waals surface area contributed by atoms with Crippen LogP contribution < -0.4 is 5.32 Å². The standard InChI is InChI=1S/C10H19BN2O2/c1-9(2)10(3,4)15-11(14-9)8(6-12)7-13-5/h6-7,12-13H,1-5H3/b8-7+,12-6?. The molecule has 0 amide bonds. The largest absolute Gasteiger partial charge is 0.497 e. The lowest BCUT2D eigenvalue weighted by molar-refractivity contribution is 0.00578. The minimum Gasteiger partial charge on any atom is -0.399 e. The molecule has 0 atom stereocenters. The molecule has 1 aliphatic rings. The van der Waals surface area contributed by atoms with Gasteiger partial charge in [-0.25, -0.2) is 0 Å². The van der Waals surface area contributed by atoms with Gasteiger partial charge in [0.2, 0.25) is 0 Å². The molecule has 1 fully saturated rings. The molecular weight excluding hydrogens is 191 g/mol. The van der Waals surface area contributed by atoms with E-state index in [1.165, 1.54) is 6.21 Å². The molecule has 1 saturated heterocycles. The number of hydrogen-bond acceptors (Lipinski definition) is 4. The Bertz CT molecular complexity index is 271. The maximum atomic E-state index is 7.29. The van der Waals surface area contributed by atoms with Gasteiger partial charge in [-0.1, -0.05) is 0 Å². The molecule has 1 rings (SSSR count).